The topological polar surface area (TPSA) is 92.5 Å². The van der Waals surface area contributed by atoms with E-state index in [0.717, 1.165) is 5.56 Å². The van der Waals surface area contributed by atoms with Crippen LogP contribution in [0.15, 0.2) is 41.6 Å². The van der Waals surface area contributed by atoms with Gasteiger partial charge in [0.1, 0.15) is 0 Å². The Morgan fingerprint density at radius 2 is 1.95 bits per heavy atom. The molecule has 0 saturated heterocycles. The number of nitrogens with zero attached hydrogens (tertiary/aromatic N) is 3. The van der Waals surface area contributed by atoms with Crippen molar-refractivity contribution in [2.75, 3.05) is 7.05 Å². The van der Waals surface area contributed by atoms with Crippen LogP contribution in [0.5, 0.6) is 0 Å². The van der Waals surface area contributed by atoms with E-state index >= 15 is 0 Å². The fraction of sp³-hybridized carbons (Fsp3) is 0.231. The van der Waals surface area contributed by atoms with Gasteiger partial charge in [0.25, 0.3) is 0 Å². The molecule has 0 aliphatic heterocycles. The monoisotopic (exact) mass is 309 g/mol. The normalized spacial score (nSPS) is 11.8. The highest BCUT2D eigenvalue weighted by atomic mass is 32.2. The second kappa shape index (κ2) is 5.66. The minimum atomic E-state index is -3.67. The number of rotatable bonds is 5. The quantitative estimate of drug-likeness (QED) is 0.887. The molecule has 7 nitrogen and oxygen atoms in total. The van der Waals surface area contributed by atoms with E-state index in [1.54, 1.807) is 24.1 Å². The number of benzene rings is 1. The summed E-state index contributed by atoms with van der Waals surface area (Å²) >= 11 is 0. The summed E-state index contributed by atoms with van der Waals surface area (Å²) in [6.45, 7) is 0.191. The zero-order valence-electron chi connectivity index (χ0n) is 11.6. The lowest BCUT2D eigenvalue weighted by Gasteiger charge is -2.16. The Balaban J connectivity index is 2.22. The molecule has 0 bridgehead atoms. The van der Waals surface area contributed by atoms with Gasteiger partial charge in [-0.2, -0.15) is 9.40 Å². The molecule has 1 heterocycles. The maximum Gasteiger partial charge on any atom is 0.335 e. The molecule has 0 radical (unpaired) electrons. The van der Waals surface area contributed by atoms with Gasteiger partial charge in [-0.1, -0.05) is 0 Å². The number of aromatic carboxylic acids is 1. The Morgan fingerprint density at radius 1 is 1.33 bits per heavy atom. The summed E-state index contributed by atoms with van der Waals surface area (Å²) in [6.07, 6.45) is 3.33. The Hall–Kier alpha value is -2.19. The number of aryl methyl sites for hydroxylation is 1. The van der Waals surface area contributed by atoms with Crippen LogP contribution in [-0.2, 0) is 23.6 Å². The molecule has 112 valence electrons. The number of carbonyl (C=O) groups is 1. The first kappa shape index (κ1) is 15.2. The summed E-state index contributed by atoms with van der Waals surface area (Å²) in [4.78, 5) is 10.8. The van der Waals surface area contributed by atoms with Crippen LogP contribution in [0.3, 0.4) is 0 Å². The molecule has 21 heavy (non-hydrogen) atoms. The molecule has 8 heteroatoms. The second-order valence-corrected chi connectivity index (χ2v) is 6.66. The summed E-state index contributed by atoms with van der Waals surface area (Å²) in [7, 11) is -0.449. The molecular weight excluding hydrogens is 294 g/mol. The maximum absolute atomic E-state index is 12.4. The van der Waals surface area contributed by atoms with E-state index in [1.807, 2.05) is 0 Å². The molecule has 2 rings (SSSR count). The molecule has 1 aromatic carbocycles. The van der Waals surface area contributed by atoms with E-state index in [0.29, 0.717) is 0 Å². The van der Waals surface area contributed by atoms with Crippen LogP contribution < -0.4 is 0 Å². The minimum absolute atomic E-state index is 0.0452. The van der Waals surface area contributed by atoms with E-state index in [9.17, 15) is 13.2 Å². The average molecular weight is 309 g/mol. The highest BCUT2D eigenvalue weighted by molar-refractivity contribution is 7.89. The van der Waals surface area contributed by atoms with Crippen molar-refractivity contribution < 1.29 is 18.3 Å². The number of sulfonamides is 1. The Morgan fingerprint density at radius 3 is 2.43 bits per heavy atom. The van der Waals surface area contributed by atoms with Gasteiger partial charge in [0.2, 0.25) is 10.0 Å². The lowest BCUT2D eigenvalue weighted by molar-refractivity contribution is 0.0696. The van der Waals surface area contributed by atoms with Crippen molar-refractivity contribution in [2.24, 2.45) is 7.05 Å². The molecule has 0 atom stereocenters. The first-order valence-electron chi connectivity index (χ1n) is 6.08. The van der Waals surface area contributed by atoms with E-state index in [4.69, 9.17) is 5.11 Å². The van der Waals surface area contributed by atoms with E-state index < -0.39 is 16.0 Å². The third kappa shape index (κ3) is 3.29. The van der Waals surface area contributed by atoms with Crippen LogP contribution >= 0.6 is 0 Å². The summed E-state index contributed by atoms with van der Waals surface area (Å²) in [6, 6.07) is 5.12. The first-order valence-corrected chi connectivity index (χ1v) is 7.52. The van der Waals surface area contributed by atoms with Crippen LogP contribution in [0.1, 0.15) is 15.9 Å². The molecule has 2 aromatic rings. The number of carboxylic acids is 1. The summed E-state index contributed by atoms with van der Waals surface area (Å²) in [5.74, 6) is -1.09. The van der Waals surface area contributed by atoms with E-state index in [2.05, 4.69) is 5.10 Å². The third-order valence-electron chi connectivity index (χ3n) is 2.97. The van der Waals surface area contributed by atoms with Gasteiger partial charge >= 0.3 is 5.97 Å². The second-order valence-electron chi connectivity index (χ2n) is 4.61. The van der Waals surface area contributed by atoms with Crippen LogP contribution in [0.25, 0.3) is 0 Å². The Labute approximate surface area is 122 Å². The standard InChI is InChI=1S/C13H15N3O4S/c1-15-8-10(7-14-15)9-16(2)21(19,20)12-5-3-11(4-6-12)13(17)18/h3-8H,9H2,1-2H3,(H,17,18). The lowest BCUT2D eigenvalue weighted by Crippen LogP contribution is -2.26. The van der Waals surface area contributed by atoms with E-state index in [-0.39, 0.29) is 17.0 Å². The predicted molar refractivity (Wildman–Crippen MR) is 75.3 cm³/mol. The lowest BCUT2D eigenvalue weighted by atomic mass is 10.2. The van der Waals surface area contributed by atoms with Crippen molar-refractivity contribution in [3.63, 3.8) is 0 Å². The van der Waals surface area contributed by atoms with Gasteiger partial charge in [-0.3, -0.25) is 4.68 Å². The predicted octanol–water partition coefficient (Wildman–Crippen LogP) is 0.939. The van der Waals surface area contributed by atoms with Gasteiger partial charge in [-0.05, 0) is 24.3 Å². The van der Waals surface area contributed by atoms with Crippen molar-refractivity contribution >= 4 is 16.0 Å². The molecular formula is C13H15N3O4S. The van der Waals surface area contributed by atoms with Crippen LogP contribution in [0.4, 0.5) is 0 Å². The fourth-order valence-electron chi connectivity index (χ4n) is 1.85. The Bertz CT molecular complexity index is 750. The van der Waals surface area contributed by atoms with Gasteiger partial charge in [0.15, 0.2) is 0 Å². The molecule has 0 amide bonds. The molecule has 0 fully saturated rings. The van der Waals surface area contributed by atoms with Crippen LogP contribution in [0.2, 0.25) is 0 Å². The van der Waals surface area contributed by atoms with Crippen LogP contribution in [0, 0.1) is 0 Å². The number of hydrogen-bond donors (Lipinski definition) is 1. The number of carboxylic acid groups (broad SMARTS) is 1. The minimum Gasteiger partial charge on any atom is -0.478 e. The van der Waals surface area contributed by atoms with E-state index in [1.165, 1.54) is 35.6 Å². The molecule has 1 aromatic heterocycles. The van der Waals surface area contributed by atoms with Crippen molar-refractivity contribution in [1.82, 2.24) is 14.1 Å². The largest absolute Gasteiger partial charge is 0.478 e. The maximum atomic E-state index is 12.4. The zero-order chi connectivity index (χ0) is 15.6. The van der Waals surface area contributed by atoms with Crippen LogP contribution in [-0.4, -0.2) is 40.6 Å². The summed E-state index contributed by atoms with van der Waals surface area (Å²) in [5, 5.41) is 12.8. The van der Waals surface area contributed by atoms with Gasteiger partial charge in [0.05, 0.1) is 16.7 Å². The number of aromatic nitrogens is 2. The molecule has 0 aliphatic carbocycles. The highest BCUT2D eigenvalue weighted by Crippen LogP contribution is 2.17. The van der Waals surface area contributed by atoms with Gasteiger partial charge in [-0.25, -0.2) is 13.2 Å². The van der Waals surface area contributed by atoms with Gasteiger partial charge < -0.3 is 5.11 Å². The molecule has 0 aliphatic rings. The third-order valence-corrected chi connectivity index (χ3v) is 4.79. The fourth-order valence-corrected chi connectivity index (χ4v) is 3.00. The van der Waals surface area contributed by atoms with Crippen molar-refractivity contribution in [2.45, 2.75) is 11.4 Å². The average Bonchev–Trinajstić information content (AvgIpc) is 2.84. The van der Waals surface area contributed by atoms with Gasteiger partial charge in [0, 0.05) is 32.4 Å². The summed E-state index contributed by atoms with van der Waals surface area (Å²) in [5.41, 5.74) is 0.814. The first-order chi connectivity index (χ1) is 9.80. The summed E-state index contributed by atoms with van der Waals surface area (Å²) < 4.78 is 27.5. The molecule has 0 saturated carbocycles. The van der Waals surface area contributed by atoms with Crippen molar-refractivity contribution in [1.29, 1.82) is 0 Å². The Kier molecular flexibility index (Phi) is 4.10. The highest BCUT2D eigenvalue weighted by Gasteiger charge is 2.21. The smallest absolute Gasteiger partial charge is 0.335 e. The molecule has 1 N–H and O–H groups in total. The molecule has 0 unspecified atom stereocenters. The zero-order valence-corrected chi connectivity index (χ0v) is 12.4. The SMILES string of the molecule is CN(Cc1cnn(C)c1)S(=O)(=O)c1ccc(C(=O)O)cc1. The van der Waals surface area contributed by atoms with Gasteiger partial charge in [-0.15, -0.1) is 0 Å². The van der Waals surface area contributed by atoms with Crippen molar-refractivity contribution in [3.8, 4) is 0 Å². The molecule has 0 spiro atoms. The van der Waals surface area contributed by atoms with Crippen molar-refractivity contribution in [3.05, 3.63) is 47.8 Å². The number of hydrogen-bond acceptors (Lipinski definition) is 4.